The first-order valence-corrected chi connectivity index (χ1v) is 10.1. The molecule has 32 heavy (non-hydrogen) atoms. The summed E-state index contributed by atoms with van der Waals surface area (Å²) in [4.78, 5) is 26.5. The van der Waals surface area contributed by atoms with Crippen molar-refractivity contribution in [3.63, 3.8) is 0 Å². The molecule has 0 unspecified atom stereocenters. The Kier molecular flexibility index (Phi) is 13.5. The Balaban J connectivity index is 0.00000121. The molecular weight excluding hydrogens is 424 g/mol. The lowest BCUT2D eigenvalue weighted by Crippen LogP contribution is -2.05. The van der Waals surface area contributed by atoms with Crippen LogP contribution in [0.1, 0.15) is 50.7 Å². The molecule has 0 saturated heterocycles. The van der Waals surface area contributed by atoms with Crippen molar-refractivity contribution in [2.45, 2.75) is 34.6 Å². The van der Waals surface area contributed by atoms with Gasteiger partial charge in [-0.3, -0.25) is 4.57 Å². The molecule has 6 nitrogen and oxygen atoms in total. The van der Waals surface area contributed by atoms with Crippen LogP contribution in [-0.4, -0.2) is 28.6 Å². The molecule has 1 aromatic heterocycles. The minimum Gasteiger partial charge on any atom is -0.465 e. The number of aromatic nitrogens is 2. The number of aromatic amines is 1. The summed E-state index contributed by atoms with van der Waals surface area (Å²) in [6.07, 6.45) is 11.9. The Bertz CT molecular complexity index is 1060. The van der Waals surface area contributed by atoms with Crippen LogP contribution < -0.4 is 0 Å². The van der Waals surface area contributed by atoms with Gasteiger partial charge in [-0.15, -0.1) is 12.3 Å². The number of terminal acetylenes is 1. The van der Waals surface area contributed by atoms with Gasteiger partial charge in [-0.05, 0) is 77.2 Å². The molecule has 2 rings (SSSR count). The number of methoxy groups -OCH3 is 1. The number of benzene rings is 1. The van der Waals surface area contributed by atoms with Crippen LogP contribution >= 0.6 is 12.2 Å². The summed E-state index contributed by atoms with van der Waals surface area (Å²) in [6.45, 7) is 12.9. The van der Waals surface area contributed by atoms with Crippen LogP contribution in [0, 0.1) is 17.1 Å². The molecule has 0 aliphatic rings. The van der Waals surface area contributed by atoms with Crippen LogP contribution in [0.4, 0.5) is 0 Å². The molecule has 0 bridgehead atoms. The second-order valence-electron chi connectivity index (χ2n) is 6.10. The molecule has 1 aromatic carbocycles. The van der Waals surface area contributed by atoms with E-state index in [0.717, 1.165) is 5.69 Å². The average Bonchev–Trinajstić information content (AvgIpc) is 3.20. The molecule has 0 amide bonds. The number of H-pyrrole nitrogens is 1. The van der Waals surface area contributed by atoms with Crippen molar-refractivity contribution in [3.05, 3.63) is 77.1 Å². The Morgan fingerprint density at radius 2 is 1.72 bits per heavy atom. The molecular formula is C25H30N2O4S. The van der Waals surface area contributed by atoms with E-state index in [4.69, 9.17) is 17.0 Å². The van der Waals surface area contributed by atoms with Gasteiger partial charge in [-0.1, -0.05) is 18.7 Å². The third kappa shape index (κ3) is 9.02. The van der Waals surface area contributed by atoms with E-state index in [1.54, 1.807) is 61.9 Å². The van der Waals surface area contributed by atoms with Crippen LogP contribution in [-0.2, 0) is 14.3 Å². The summed E-state index contributed by atoms with van der Waals surface area (Å²) in [5, 5.41) is 0. The van der Waals surface area contributed by atoms with E-state index in [2.05, 4.69) is 28.6 Å². The maximum absolute atomic E-state index is 12.0. The minimum absolute atomic E-state index is 0.164. The highest BCUT2D eigenvalue weighted by Gasteiger charge is 2.15. The molecule has 0 atom stereocenters. The topological polar surface area (TPSA) is 73.3 Å². The normalized spacial score (nSPS) is 10.1. The third-order valence-electron chi connectivity index (χ3n) is 3.85. The van der Waals surface area contributed by atoms with E-state index in [1.807, 2.05) is 26.0 Å². The van der Waals surface area contributed by atoms with Crippen molar-refractivity contribution in [3.8, 4) is 18.0 Å². The second kappa shape index (κ2) is 15.2. The number of nitrogens with zero attached hydrogens (tertiary/aromatic N) is 1. The van der Waals surface area contributed by atoms with E-state index < -0.39 is 11.9 Å². The van der Waals surface area contributed by atoms with Gasteiger partial charge < -0.3 is 14.5 Å². The number of hydrogen-bond donors (Lipinski definition) is 1. The lowest BCUT2D eigenvalue weighted by molar-refractivity contribution is -0.132. The van der Waals surface area contributed by atoms with E-state index >= 15 is 0 Å². The monoisotopic (exact) mass is 454 g/mol. The fourth-order valence-corrected chi connectivity index (χ4v) is 2.26. The van der Waals surface area contributed by atoms with Crippen molar-refractivity contribution in [1.82, 2.24) is 9.55 Å². The molecule has 0 spiro atoms. The van der Waals surface area contributed by atoms with Gasteiger partial charge in [0.1, 0.15) is 5.76 Å². The fourth-order valence-electron chi connectivity index (χ4n) is 1.99. The number of ether oxygens (including phenoxy) is 2. The summed E-state index contributed by atoms with van der Waals surface area (Å²) < 4.78 is 11.9. The molecule has 1 heterocycles. The highest BCUT2D eigenvalue weighted by atomic mass is 32.1. The number of nitrogens with one attached hydrogen (secondary N) is 1. The Morgan fingerprint density at radius 3 is 2.16 bits per heavy atom. The van der Waals surface area contributed by atoms with Gasteiger partial charge >= 0.3 is 11.9 Å². The van der Waals surface area contributed by atoms with Gasteiger partial charge in [0.25, 0.3) is 0 Å². The number of hydrogen-bond acceptors (Lipinski definition) is 5. The summed E-state index contributed by atoms with van der Waals surface area (Å²) in [7, 11) is 1.32. The number of rotatable bonds is 5. The van der Waals surface area contributed by atoms with Gasteiger partial charge in [-0.2, -0.15) is 0 Å². The number of allylic oxidation sites excluding steroid dienone is 4. The van der Waals surface area contributed by atoms with Crippen LogP contribution in [0.5, 0.6) is 0 Å². The first-order valence-electron chi connectivity index (χ1n) is 9.69. The van der Waals surface area contributed by atoms with Crippen LogP contribution in [0.15, 0.2) is 61.0 Å². The number of carbonyl (C=O) groups excluding carboxylic acids is 2. The highest BCUT2D eigenvalue weighted by Crippen LogP contribution is 2.18. The van der Waals surface area contributed by atoms with E-state index in [9.17, 15) is 9.59 Å². The molecule has 0 aliphatic carbocycles. The molecule has 1 N–H and O–H groups in total. The molecule has 0 aliphatic heterocycles. The van der Waals surface area contributed by atoms with Gasteiger partial charge in [-0.25, -0.2) is 9.59 Å². The summed E-state index contributed by atoms with van der Waals surface area (Å²) in [5.41, 5.74) is 1.78. The Labute approximate surface area is 195 Å². The van der Waals surface area contributed by atoms with Crippen LogP contribution in [0.25, 0.3) is 11.3 Å². The van der Waals surface area contributed by atoms with E-state index in [1.165, 1.54) is 7.11 Å². The van der Waals surface area contributed by atoms with Crippen molar-refractivity contribution < 1.29 is 19.1 Å². The lowest BCUT2D eigenvalue weighted by atomic mass is 10.2. The smallest absolute Gasteiger partial charge is 0.344 e. The van der Waals surface area contributed by atoms with Gasteiger partial charge in [0.15, 0.2) is 4.77 Å². The Hall–Kier alpha value is -3.63. The molecule has 0 saturated carbocycles. The maximum atomic E-state index is 12.0. The first-order chi connectivity index (χ1) is 15.2. The highest BCUT2D eigenvalue weighted by molar-refractivity contribution is 7.71. The zero-order valence-electron chi connectivity index (χ0n) is 19.4. The van der Waals surface area contributed by atoms with Gasteiger partial charge in [0.2, 0.25) is 0 Å². The fraction of sp³-hybridized carbons (Fsp3) is 0.240. The van der Waals surface area contributed by atoms with Crippen LogP contribution in [0.2, 0.25) is 0 Å². The number of carbonyl (C=O) groups is 2. The molecule has 170 valence electrons. The van der Waals surface area contributed by atoms with E-state index in [0.29, 0.717) is 21.8 Å². The van der Waals surface area contributed by atoms with Crippen molar-refractivity contribution in [2.24, 2.45) is 0 Å². The van der Waals surface area contributed by atoms with Crippen molar-refractivity contribution in [1.29, 1.82) is 0 Å². The van der Waals surface area contributed by atoms with Gasteiger partial charge in [0.05, 0.1) is 23.9 Å². The zero-order valence-corrected chi connectivity index (χ0v) is 20.2. The Morgan fingerprint density at radius 1 is 1.19 bits per heavy atom. The second-order valence-corrected chi connectivity index (χ2v) is 6.49. The summed E-state index contributed by atoms with van der Waals surface area (Å²) in [6, 6.07) is 6.72. The van der Waals surface area contributed by atoms with Crippen LogP contribution in [0.3, 0.4) is 0 Å². The first kappa shape index (κ1) is 28.4. The van der Waals surface area contributed by atoms with Gasteiger partial charge in [0, 0.05) is 11.9 Å². The standard InChI is InChI=1S/C18H18N2O4S.C4H8.C3H4/c1-5-11(2)24-16(21)12(3)15-10-20(18(25)19-15)14-8-6-13(7-9-14)17(22)23-4;1-3-4-2;1-3-2/h5-10H,3H2,1-2,4H3,(H,19,25);3-4H,1-2H3;1H,2H3/b11-5-;4-3-;. The predicted molar refractivity (Wildman–Crippen MR) is 132 cm³/mol. The minimum atomic E-state index is -0.556. The number of imidazole rings is 1. The SMILES string of the molecule is C#CC.C/C=C\C.C=C(C(=O)O/C(C)=C\C)c1cn(-c2ccc(C(=O)OC)cc2)c(=S)[nH]1. The third-order valence-corrected chi connectivity index (χ3v) is 4.15. The largest absolute Gasteiger partial charge is 0.465 e. The quantitative estimate of drug-likeness (QED) is 0.149. The summed E-state index contributed by atoms with van der Waals surface area (Å²) >= 11 is 5.29. The predicted octanol–water partition coefficient (Wildman–Crippen LogP) is 6.02. The molecule has 2 aromatic rings. The lowest BCUT2D eigenvalue weighted by Gasteiger charge is -2.05. The molecule has 7 heteroatoms. The zero-order chi connectivity index (χ0) is 24.7. The van der Waals surface area contributed by atoms with Crippen molar-refractivity contribution in [2.75, 3.05) is 7.11 Å². The number of esters is 2. The molecule has 0 radical (unpaired) electrons. The summed E-state index contributed by atoms with van der Waals surface area (Å²) in [5.74, 6) is 1.77. The van der Waals surface area contributed by atoms with Crippen molar-refractivity contribution >= 4 is 29.7 Å². The molecule has 0 fully saturated rings. The maximum Gasteiger partial charge on any atom is 0.344 e. The van der Waals surface area contributed by atoms with E-state index in [-0.39, 0.29) is 5.57 Å². The average molecular weight is 455 g/mol.